The van der Waals surface area contributed by atoms with Crippen LogP contribution in [-0.4, -0.2) is 41.5 Å². The summed E-state index contributed by atoms with van der Waals surface area (Å²) in [6, 6.07) is 5.77. The van der Waals surface area contributed by atoms with Gasteiger partial charge in [0.15, 0.2) is 0 Å². The Hall–Kier alpha value is -2.50. The van der Waals surface area contributed by atoms with E-state index in [-0.39, 0.29) is 18.4 Å². The molecule has 1 saturated heterocycles. The SMILES string of the molecule is CCN1CC(COC(=O)c2cc(C)nc3cc(F)ccc23)CC1=O. The van der Waals surface area contributed by atoms with Crippen LogP contribution in [0.15, 0.2) is 24.3 Å². The quantitative estimate of drug-likeness (QED) is 0.809. The third kappa shape index (κ3) is 3.22. The van der Waals surface area contributed by atoms with E-state index in [1.54, 1.807) is 17.9 Å². The van der Waals surface area contributed by atoms with E-state index >= 15 is 0 Å². The fourth-order valence-corrected chi connectivity index (χ4v) is 3.05. The van der Waals surface area contributed by atoms with Crippen LogP contribution in [0.2, 0.25) is 0 Å². The van der Waals surface area contributed by atoms with Crippen molar-refractivity contribution in [2.45, 2.75) is 20.3 Å². The van der Waals surface area contributed by atoms with E-state index in [4.69, 9.17) is 4.74 Å². The van der Waals surface area contributed by atoms with Crippen molar-refractivity contribution in [3.8, 4) is 0 Å². The minimum absolute atomic E-state index is 0.0213. The van der Waals surface area contributed by atoms with Gasteiger partial charge in [-0.25, -0.2) is 9.18 Å². The van der Waals surface area contributed by atoms with Crippen LogP contribution < -0.4 is 0 Å². The van der Waals surface area contributed by atoms with Gasteiger partial charge in [0.05, 0.1) is 17.7 Å². The Kier molecular flexibility index (Phi) is 4.46. The first kappa shape index (κ1) is 16.4. The predicted octanol–water partition coefficient (Wildman–Crippen LogP) is 2.71. The summed E-state index contributed by atoms with van der Waals surface area (Å²) in [6.07, 6.45) is 0.405. The second-order valence-electron chi connectivity index (χ2n) is 6.07. The zero-order valence-corrected chi connectivity index (χ0v) is 13.7. The summed E-state index contributed by atoms with van der Waals surface area (Å²) in [7, 11) is 0. The van der Waals surface area contributed by atoms with Crippen molar-refractivity contribution in [1.82, 2.24) is 9.88 Å². The Morgan fingerprint density at radius 3 is 2.92 bits per heavy atom. The minimum Gasteiger partial charge on any atom is -0.462 e. The maximum atomic E-state index is 13.4. The monoisotopic (exact) mass is 330 g/mol. The van der Waals surface area contributed by atoms with Gasteiger partial charge >= 0.3 is 5.97 Å². The summed E-state index contributed by atoms with van der Waals surface area (Å²) in [5.41, 5.74) is 1.41. The zero-order valence-electron chi connectivity index (χ0n) is 13.7. The molecule has 1 amide bonds. The molecule has 126 valence electrons. The summed E-state index contributed by atoms with van der Waals surface area (Å²) < 4.78 is 18.8. The fourth-order valence-electron chi connectivity index (χ4n) is 3.05. The summed E-state index contributed by atoms with van der Waals surface area (Å²) >= 11 is 0. The van der Waals surface area contributed by atoms with Gasteiger partial charge in [-0.1, -0.05) is 0 Å². The molecule has 3 rings (SSSR count). The Morgan fingerprint density at radius 1 is 1.42 bits per heavy atom. The second kappa shape index (κ2) is 6.55. The highest BCUT2D eigenvalue weighted by Gasteiger charge is 2.29. The number of benzene rings is 1. The van der Waals surface area contributed by atoms with E-state index in [1.165, 1.54) is 18.2 Å². The van der Waals surface area contributed by atoms with Crippen LogP contribution in [0, 0.1) is 18.7 Å². The van der Waals surface area contributed by atoms with Gasteiger partial charge in [0.25, 0.3) is 0 Å². The lowest BCUT2D eigenvalue weighted by molar-refractivity contribution is -0.127. The van der Waals surface area contributed by atoms with Crippen LogP contribution in [0.5, 0.6) is 0 Å². The van der Waals surface area contributed by atoms with Gasteiger partial charge in [-0.05, 0) is 32.0 Å². The largest absolute Gasteiger partial charge is 0.462 e. The lowest BCUT2D eigenvalue weighted by Gasteiger charge is -2.14. The number of nitrogens with zero attached hydrogens (tertiary/aromatic N) is 2. The average Bonchev–Trinajstić information content (AvgIpc) is 2.91. The third-order valence-corrected chi connectivity index (χ3v) is 4.25. The molecular weight excluding hydrogens is 311 g/mol. The molecule has 24 heavy (non-hydrogen) atoms. The van der Waals surface area contributed by atoms with Crippen molar-refractivity contribution in [1.29, 1.82) is 0 Å². The highest BCUT2D eigenvalue weighted by Crippen LogP contribution is 2.22. The minimum atomic E-state index is -0.473. The number of aromatic nitrogens is 1. The lowest BCUT2D eigenvalue weighted by Crippen LogP contribution is -2.25. The van der Waals surface area contributed by atoms with Gasteiger partial charge in [-0.2, -0.15) is 0 Å². The van der Waals surface area contributed by atoms with Crippen LogP contribution in [0.25, 0.3) is 10.9 Å². The third-order valence-electron chi connectivity index (χ3n) is 4.25. The molecule has 5 nitrogen and oxygen atoms in total. The molecule has 1 aliphatic rings. The Labute approximate surface area is 139 Å². The molecule has 0 spiro atoms. The summed E-state index contributed by atoms with van der Waals surface area (Å²) in [4.78, 5) is 30.2. The molecule has 1 fully saturated rings. The van der Waals surface area contributed by atoms with Crippen molar-refractivity contribution < 1.29 is 18.7 Å². The van der Waals surface area contributed by atoms with E-state index < -0.39 is 11.8 Å². The van der Waals surface area contributed by atoms with Gasteiger partial charge in [0.1, 0.15) is 5.82 Å². The fraction of sp³-hybridized carbons (Fsp3) is 0.389. The molecule has 0 saturated carbocycles. The summed E-state index contributed by atoms with van der Waals surface area (Å²) in [5.74, 6) is -0.754. The molecule has 1 unspecified atom stereocenters. The summed E-state index contributed by atoms with van der Waals surface area (Å²) in [5, 5.41) is 0.560. The number of fused-ring (bicyclic) bond motifs is 1. The Bertz CT molecular complexity index is 801. The van der Waals surface area contributed by atoms with Gasteiger partial charge in [-0.15, -0.1) is 0 Å². The van der Waals surface area contributed by atoms with Crippen molar-refractivity contribution in [3.63, 3.8) is 0 Å². The Balaban J connectivity index is 1.76. The van der Waals surface area contributed by atoms with E-state index in [9.17, 15) is 14.0 Å². The Morgan fingerprint density at radius 2 is 2.21 bits per heavy atom. The number of pyridine rings is 1. The van der Waals surface area contributed by atoms with E-state index in [0.29, 0.717) is 41.7 Å². The van der Waals surface area contributed by atoms with Crippen molar-refractivity contribution in [3.05, 3.63) is 41.3 Å². The van der Waals surface area contributed by atoms with Crippen LogP contribution >= 0.6 is 0 Å². The van der Waals surface area contributed by atoms with Crippen molar-refractivity contribution in [2.75, 3.05) is 19.7 Å². The number of halogens is 1. The van der Waals surface area contributed by atoms with Gasteiger partial charge in [0, 0.05) is 42.6 Å². The first-order valence-electron chi connectivity index (χ1n) is 7.99. The number of hydrogen-bond acceptors (Lipinski definition) is 4. The van der Waals surface area contributed by atoms with Crippen molar-refractivity contribution >= 4 is 22.8 Å². The number of carbonyl (C=O) groups excluding carboxylic acids is 2. The topological polar surface area (TPSA) is 59.5 Å². The molecule has 0 aliphatic carbocycles. The van der Waals surface area contributed by atoms with Crippen LogP contribution in [0.1, 0.15) is 29.4 Å². The lowest BCUT2D eigenvalue weighted by atomic mass is 10.1. The van der Waals surface area contributed by atoms with Crippen molar-refractivity contribution in [2.24, 2.45) is 5.92 Å². The summed E-state index contributed by atoms with van der Waals surface area (Å²) in [6.45, 7) is 5.16. The second-order valence-corrected chi connectivity index (χ2v) is 6.07. The molecule has 2 heterocycles. The molecule has 0 N–H and O–H groups in total. The molecule has 0 bridgehead atoms. The van der Waals surface area contributed by atoms with E-state index in [0.717, 1.165) is 0 Å². The standard InChI is InChI=1S/C18H19FN2O3/c1-3-21-9-12(7-17(21)22)10-24-18(23)15-6-11(2)20-16-8-13(19)4-5-14(15)16/h4-6,8,12H,3,7,9-10H2,1-2H3. The smallest absolute Gasteiger partial charge is 0.338 e. The van der Waals surface area contributed by atoms with E-state index in [2.05, 4.69) is 4.98 Å². The number of ether oxygens (including phenoxy) is 1. The first-order valence-corrected chi connectivity index (χ1v) is 7.99. The molecule has 1 atom stereocenters. The molecule has 1 aromatic heterocycles. The molecule has 1 aliphatic heterocycles. The van der Waals surface area contributed by atoms with Crippen LogP contribution in [-0.2, 0) is 9.53 Å². The van der Waals surface area contributed by atoms with Gasteiger partial charge in [0.2, 0.25) is 5.91 Å². The van der Waals surface area contributed by atoms with Gasteiger partial charge in [-0.3, -0.25) is 9.78 Å². The molecule has 6 heteroatoms. The number of hydrogen-bond donors (Lipinski definition) is 0. The number of likely N-dealkylation sites (tertiary alicyclic amines) is 1. The van der Waals surface area contributed by atoms with Gasteiger partial charge < -0.3 is 9.64 Å². The molecule has 0 radical (unpaired) electrons. The van der Waals surface area contributed by atoms with Crippen LogP contribution in [0.4, 0.5) is 4.39 Å². The van der Waals surface area contributed by atoms with E-state index in [1.807, 2.05) is 6.92 Å². The number of esters is 1. The molecule has 2 aromatic rings. The normalized spacial score (nSPS) is 17.5. The maximum absolute atomic E-state index is 13.4. The zero-order chi connectivity index (χ0) is 17.3. The molecular formula is C18H19FN2O3. The highest BCUT2D eigenvalue weighted by atomic mass is 19.1. The number of amides is 1. The maximum Gasteiger partial charge on any atom is 0.338 e. The molecule has 1 aromatic carbocycles. The first-order chi connectivity index (χ1) is 11.5. The number of carbonyl (C=O) groups is 2. The highest BCUT2D eigenvalue weighted by molar-refractivity contribution is 6.03. The number of rotatable bonds is 4. The average molecular weight is 330 g/mol. The number of aryl methyl sites for hydroxylation is 1. The predicted molar refractivity (Wildman–Crippen MR) is 87.1 cm³/mol. The van der Waals surface area contributed by atoms with Crippen LogP contribution in [0.3, 0.4) is 0 Å².